The summed E-state index contributed by atoms with van der Waals surface area (Å²) in [6.07, 6.45) is 0. The van der Waals surface area contributed by atoms with Gasteiger partial charge in [0.25, 0.3) is 5.91 Å². The molecule has 0 aliphatic rings. The summed E-state index contributed by atoms with van der Waals surface area (Å²) in [4.78, 5) is 11.9. The van der Waals surface area contributed by atoms with E-state index in [2.05, 4.69) is 43.8 Å². The Labute approximate surface area is 150 Å². The van der Waals surface area contributed by atoms with E-state index in [0.29, 0.717) is 19.7 Å². The summed E-state index contributed by atoms with van der Waals surface area (Å²) in [6, 6.07) is 12.3. The van der Waals surface area contributed by atoms with Crippen LogP contribution in [0, 0.1) is 0 Å². The molecular formula is C18H22N5O3+. The van der Waals surface area contributed by atoms with E-state index in [1.165, 1.54) is 10.8 Å². The van der Waals surface area contributed by atoms with Crippen LogP contribution in [0.2, 0.25) is 0 Å². The van der Waals surface area contributed by atoms with Crippen molar-refractivity contribution in [1.82, 2.24) is 15.6 Å². The molecule has 3 aromatic rings. The lowest BCUT2D eigenvalue weighted by atomic mass is 10.0. The van der Waals surface area contributed by atoms with Crippen molar-refractivity contribution in [3.8, 4) is 5.75 Å². The van der Waals surface area contributed by atoms with Crippen LogP contribution in [0.5, 0.6) is 5.75 Å². The van der Waals surface area contributed by atoms with Gasteiger partial charge in [-0.3, -0.25) is 4.79 Å². The van der Waals surface area contributed by atoms with Gasteiger partial charge in [0.05, 0.1) is 25.3 Å². The first-order valence-electron chi connectivity index (χ1n) is 8.52. The molecule has 0 spiro atoms. The van der Waals surface area contributed by atoms with Crippen LogP contribution >= 0.6 is 0 Å². The second kappa shape index (κ2) is 8.30. The molecule has 0 bridgehead atoms. The third-order valence-corrected chi connectivity index (χ3v) is 4.01. The molecule has 0 fully saturated rings. The number of benzene rings is 2. The molecule has 8 heteroatoms. The molecule has 5 N–H and O–H groups in total. The van der Waals surface area contributed by atoms with Crippen molar-refractivity contribution < 1.29 is 19.5 Å². The largest absolute Gasteiger partial charge is 0.493 e. The predicted molar refractivity (Wildman–Crippen MR) is 96.7 cm³/mol. The minimum Gasteiger partial charge on any atom is -0.493 e. The van der Waals surface area contributed by atoms with Gasteiger partial charge in [-0.05, 0) is 34.1 Å². The zero-order valence-corrected chi connectivity index (χ0v) is 14.6. The summed E-state index contributed by atoms with van der Waals surface area (Å²) in [7, 11) is 0. The number of anilines is 1. The van der Waals surface area contributed by atoms with E-state index < -0.39 is 5.91 Å². The molecule has 3 rings (SSSR count). The second-order valence-electron chi connectivity index (χ2n) is 5.73. The highest BCUT2D eigenvalue weighted by molar-refractivity contribution is 5.95. The van der Waals surface area contributed by atoms with Crippen LogP contribution in [-0.2, 0) is 6.54 Å². The van der Waals surface area contributed by atoms with Crippen LogP contribution in [-0.4, -0.2) is 35.9 Å². The maximum Gasteiger partial charge on any atom is 0.277 e. The van der Waals surface area contributed by atoms with E-state index in [-0.39, 0.29) is 11.5 Å². The van der Waals surface area contributed by atoms with Crippen LogP contribution in [0.3, 0.4) is 0 Å². The summed E-state index contributed by atoms with van der Waals surface area (Å²) in [5, 5.41) is 14.1. The quantitative estimate of drug-likeness (QED) is 0.511. The number of nitrogens with one attached hydrogen (secondary N) is 1. The highest BCUT2D eigenvalue weighted by atomic mass is 16.6. The van der Waals surface area contributed by atoms with E-state index >= 15 is 0 Å². The molecule has 0 aliphatic heterocycles. The monoisotopic (exact) mass is 356 g/mol. The Bertz CT molecular complexity index is 893. The molecule has 0 unspecified atom stereocenters. The average Bonchev–Trinajstić information content (AvgIpc) is 3.08. The van der Waals surface area contributed by atoms with Gasteiger partial charge in [0, 0.05) is 0 Å². The first-order chi connectivity index (χ1) is 12.7. The number of hydrogen-bond donors (Lipinski definition) is 3. The third kappa shape index (κ3) is 3.92. The minimum absolute atomic E-state index is 0.0106. The number of amides is 1. The summed E-state index contributed by atoms with van der Waals surface area (Å²) < 4.78 is 10.2. The number of quaternary nitrogens is 1. The third-order valence-electron chi connectivity index (χ3n) is 4.01. The maximum atomic E-state index is 11.9. The van der Waals surface area contributed by atoms with Gasteiger partial charge < -0.3 is 21.1 Å². The van der Waals surface area contributed by atoms with Crippen molar-refractivity contribution in [3.05, 3.63) is 47.7 Å². The van der Waals surface area contributed by atoms with Gasteiger partial charge in [0.1, 0.15) is 12.3 Å². The lowest BCUT2D eigenvalue weighted by molar-refractivity contribution is -0.668. The van der Waals surface area contributed by atoms with Crippen LogP contribution in [0.4, 0.5) is 5.82 Å². The van der Waals surface area contributed by atoms with Gasteiger partial charge in [-0.15, -0.1) is 0 Å². The Morgan fingerprint density at radius 1 is 1.27 bits per heavy atom. The maximum absolute atomic E-state index is 11.9. The first kappa shape index (κ1) is 17.7. The number of aromatic nitrogens is 2. The fourth-order valence-electron chi connectivity index (χ4n) is 2.79. The van der Waals surface area contributed by atoms with E-state index in [9.17, 15) is 4.79 Å². The van der Waals surface area contributed by atoms with E-state index in [1.54, 1.807) is 0 Å². The van der Waals surface area contributed by atoms with Gasteiger partial charge in [-0.25, -0.2) is 4.63 Å². The van der Waals surface area contributed by atoms with E-state index in [1.807, 2.05) is 25.1 Å². The van der Waals surface area contributed by atoms with Gasteiger partial charge >= 0.3 is 0 Å². The van der Waals surface area contributed by atoms with Crippen molar-refractivity contribution in [2.75, 3.05) is 25.4 Å². The highest BCUT2D eigenvalue weighted by Gasteiger charge is 2.15. The molecule has 1 aromatic heterocycles. The number of hydrogen-bond acceptors (Lipinski definition) is 6. The summed E-state index contributed by atoms with van der Waals surface area (Å²) in [6.45, 7) is 4.52. The predicted octanol–water partition coefficient (Wildman–Crippen LogP) is 0.697. The lowest BCUT2D eigenvalue weighted by Gasteiger charge is -2.12. The molecule has 136 valence electrons. The normalized spacial score (nSPS) is 10.8. The smallest absolute Gasteiger partial charge is 0.277 e. The number of carbonyl (C=O) groups is 1. The zero-order valence-electron chi connectivity index (χ0n) is 14.6. The molecule has 8 nitrogen and oxygen atoms in total. The Hall–Kier alpha value is -3.13. The van der Waals surface area contributed by atoms with Crippen LogP contribution < -0.4 is 21.1 Å². The zero-order chi connectivity index (χ0) is 18.4. The molecule has 1 amide bonds. The Morgan fingerprint density at radius 2 is 2.12 bits per heavy atom. The lowest BCUT2D eigenvalue weighted by Crippen LogP contribution is -2.84. The number of rotatable bonds is 8. The molecule has 2 aromatic carbocycles. The van der Waals surface area contributed by atoms with Crippen molar-refractivity contribution in [3.63, 3.8) is 0 Å². The highest BCUT2D eigenvalue weighted by Crippen LogP contribution is 2.27. The fraction of sp³-hybridized carbons (Fsp3) is 0.278. The van der Waals surface area contributed by atoms with E-state index in [4.69, 9.17) is 10.5 Å². The van der Waals surface area contributed by atoms with Crippen LogP contribution in [0.1, 0.15) is 23.0 Å². The molecule has 0 atom stereocenters. The topological polar surface area (TPSA) is 120 Å². The summed E-state index contributed by atoms with van der Waals surface area (Å²) >= 11 is 0. The molecular weight excluding hydrogens is 334 g/mol. The first-order valence-corrected chi connectivity index (χ1v) is 8.52. The number of fused-ring (bicyclic) bond motifs is 1. The van der Waals surface area contributed by atoms with Crippen LogP contribution in [0.25, 0.3) is 10.8 Å². The molecule has 0 saturated carbocycles. The molecule has 0 saturated heterocycles. The van der Waals surface area contributed by atoms with Gasteiger partial charge in [0.2, 0.25) is 11.5 Å². The average molecular weight is 356 g/mol. The van der Waals surface area contributed by atoms with Gasteiger partial charge in [-0.2, -0.15) is 0 Å². The Morgan fingerprint density at radius 3 is 2.88 bits per heavy atom. The fourth-order valence-corrected chi connectivity index (χ4v) is 2.79. The summed E-state index contributed by atoms with van der Waals surface area (Å²) in [5.74, 6) is 0.494. The van der Waals surface area contributed by atoms with Gasteiger partial charge in [0.15, 0.2) is 0 Å². The number of nitrogen functional groups attached to an aromatic ring is 1. The number of nitrogens with two attached hydrogens (primary N) is 2. The van der Waals surface area contributed by atoms with E-state index in [0.717, 1.165) is 17.9 Å². The number of nitrogens with zero attached hydrogens (tertiary/aromatic N) is 2. The molecule has 0 radical (unpaired) electrons. The standard InChI is InChI=1S/C18H21N5O3/c1-2-25-15-8-7-12-5-3-4-6-13(12)14(15)11-20-9-10-21-18(24)16-17(19)23-26-22-16/h3-8,20H,2,9-11H2,1H3,(H2,19,23)(H,21,24)/p+1. The summed E-state index contributed by atoms with van der Waals surface area (Å²) in [5.41, 5.74) is 6.66. The minimum atomic E-state index is -0.391. The van der Waals surface area contributed by atoms with Gasteiger partial charge in [-0.1, -0.05) is 30.3 Å². The SMILES string of the molecule is CCOc1ccc2ccccc2c1C[NH2+]CCNC(=O)c1nonc1N. The number of ether oxygens (including phenoxy) is 1. The van der Waals surface area contributed by atoms with Crippen molar-refractivity contribution in [2.24, 2.45) is 0 Å². The Kier molecular flexibility index (Phi) is 5.65. The van der Waals surface area contributed by atoms with Crippen molar-refractivity contribution in [2.45, 2.75) is 13.5 Å². The van der Waals surface area contributed by atoms with Crippen LogP contribution in [0.15, 0.2) is 41.0 Å². The second-order valence-corrected chi connectivity index (χ2v) is 5.73. The number of carbonyl (C=O) groups excluding carboxylic acids is 1. The van der Waals surface area contributed by atoms with Crippen molar-refractivity contribution in [1.29, 1.82) is 0 Å². The van der Waals surface area contributed by atoms with Crippen molar-refractivity contribution >= 4 is 22.5 Å². The molecule has 0 aliphatic carbocycles. The molecule has 1 heterocycles. The molecule has 26 heavy (non-hydrogen) atoms. The Balaban J connectivity index is 1.58.